The van der Waals surface area contributed by atoms with Gasteiger partial charge in [0.1, 0.15) is 5.75 Å². The van der Waals surface area contributed by atoms with Gasteiger partial charge in [-0.15, -0.1) is 0 Å². The first-order chi connectivity index (χ1) is 7.76. The van der Waals surface area contributed by atoms with E-state index in [9.17, 15) is 0 Å². The maximum atomic E-state index is 5.76. The molecule has 1 saturated carbocycles. The molecule has 1 aliphatic heterocycles. The molecule has 2 nitrogen and oxygen atoms in total. The van der Waals surface area contributed by atoms with E-state index in [1.54, 1.807) is 0 Å². The lowest BCUT2D eigenvalue weighted by molar-refractivity contribution is 0.303. The molecule has 0 amide bonds. The molecular formula is C14H19NO. The SMILES string of the molecule is CC1(c2ccc(OC3CC3)cc2)CCCN1. The fourth-order valence-corrected chi connectivity index (χ4v) is 2.42. The Morgan fingerprint density at radius 1 is 1.25 bits per heavy atom. The van der Waals surface area contributed by atoms with E-state index in [1.165, 1.54) is 31.2 Å². The number of nitrogens with one attached hydrogen (secondary N) is 1. The zero-order chi connectivity index (χ0) is 11.0. The first-order valence-corrected chi connectivity index (χ1v) is 6.28. The van der Waals surface area contributed by atoms with Crippen LogP contribution in [0.4, 0.5) is 0 Å². The summed E-state index contributed by atoms with van der Waals surface area (Å²) in [6.07, 6.45) is 5.44. The minimum atomic E-state index is 0.179. The quantitative estimate of drug-likeness (QED) is 0.840. The standard InChI is InChI=1S/C14H19NO/c1-14(9-2-10-15-14)11-3-5-12(6-4-11)16-13-7-8-13/h3-6,13,15H,2,7-10H2,1H3. The molecule has 0 aromatic heterocycles. The fraction of sp³-hybridized carbons (Fsp3) is 0.571. The Kier molecular flexibility index (Phi) is 2.40. The van der Waals surface area contributed by atoms with E-state index in [-0.39, 0.29) is 5.54 Å². The van der Waals surface area contributed by atoms with Crippen LogP contribution < -0.4 is 10.1 Å². The van der Waals surface area contributed by atoms with Crippen LogP contribution in [-0.2, 0) is 5.54 Å². The van der Waals surface area contributed by atoms with Gasteiger partial charge in [-0.1, -0.05) is 12.1 Å². The summed E-state index contributed by atoms with van der Waals surface area (Å²) in [7, 11) is 0. The van der Waals surface area contributed by atoms with Gasteiger partial charge in [0.05, 0.1) is 6.10 Å². The number of benzene rings is 1. The number of rotatable bonds is 3. The van der Waals surface area contributed by atoms with Gasteiger partial charge in [0.15, 0.2) is 0 Å². The van der Waals surface area contributed by atoms with Gasteiger partial charge >= 0.3 is 0 Å². The molecule has 2 fully saturated rings. The molecule has 1 heterocycles. The lowest BCUT2D eigenvalue weighted by Gasteiger charge is -2.25. The minimum absolute atomic E-state index is 0.179. The number of ether oxygens (including phenoxy) is 1. The van der Waals surface area contributed by atoms with Gasteiger partial charge in [0.2, 0.25) is 0 Å². The van der Waals surface area contributed by atoms with Crippen molar-refractivity contribution in [1.29, 1.82) is 0 Å². The van der Waals surface area contributed by atoms with Crippen LogP contribution in [0.2, 0.25) is 0 Å². The smallest absolute Gasteiger partial charge is 0.119 e. The van der Waals surface area contributed by atoms with Gasteiger partial charge < -0.3 is 10.1 Å². The van der Waals surface area contributed by atoms with Crippen LogP contribution in [0.1, 0.15) is 38.2 Å². The first-order valence-electron chi connectivity index (χ1n) is 6.28. The number of hydrogen-bond donors (Lipinski definition) is 1. The van der Waals surface area contributed by atoms with E-state index >= 15 is 0 Å². The average molecular weight is 217 g/mol. The molecule has 86 valence electrons. The highest BCUT2D eigenvalue weighted by atomic mass is 16.5. The highest BCUT2D eigenvalue weighted by Gasteiger charge is 2.30. The van der Waals surface area contributed by atoms with Gasteiger partial charge in [0.25, 0.3) is 0 Å². The van der Waals surface area contributed by atoms with Crippen LogP contribution in [0.25, 0.3) is 0 Å². The Balaban J connectivity index is 1.75. The average Bonchev–Trinajstić information content (AvgIpc) is 3.00. The Labute approximate surface area is 97.0 Å². The summed E-state index contributed by atoms with van der Waals surface area (Å²) in [4.78, 5) is 0. The zero-order valence-electron chi connectivity index (χ0n) is 9.83. The van der Waals surface area contributed by atoms with E-state index in [0.29, 0.717) is 6.10 Å². The van der Waals surface area contributed by atoms with E-state index < -0.39 is 0 Å². The monoisotopic (exact) mass is 217 g/mol. The summed E-state index contributed by atoms with van der Waals surface area (Å²) in [6, 6.07) is 8.63. The van der Waals surface area contributed by atoms with E-state index in [1.807, 2.05) is 0 Å². The van der Waals surface area contributed by atoms with Crippen molar-refractivity contribution in [3.05, 3.63) is 29.8 Å². The predicted molar refractivity (Wildman–Crippen MR) is 64.7 cm³/mol. The molecule has 1 unspecified atom stereocenters. The van der Waals surface area contributed by atoms with E-state index in [4.69, 9.17) is 4.74 Å². The Hall–Kier alpha value is -1.02. The molecule has 1 aromatic rings. The Morgan fingerprint density at radius 3 is 2.56 bits per heavy atom. The predicted octanol–water partition coefficient (Wildman–Crippen LogP) is 2.83. The maximum Gasteiger partial charge on any atom is 0.119 e. The molecular weight excluding hydrogens is 198 g/mol. The summed E-state index contributed by atoms with van der Waals surface area (Å²) in [5.74, 6) is 1.02. The third-order valence-corrected chi connectivity index (χ3v) is 3.69. The molecule has 2 heteroatoms. The fourth-order valence-electron chi connectivity index (χ4n) is 2.42. The largest absolute Gasteiger partial charge is 0.490 e. The second-order valence-electron chi connectivity index (χ2n) is 5.20. The lowest BCUT2D eigenvalue weighted by Crippen LogP contribution is -2.32. The summed E-state index contributed by atoms with van der Waals surface area (Å²) in [5.41, 5.74) is 1.56. The van der Waals surface area contributed by atoms with Crippen molar-refractivity contribution in [2.75, 3.05) is 6.54 Å². The second-order valence-corrected chi connectivity index (χ2v) is 5.20. The van der Waals surface area contributed by atoms with E-state index in [2.05, 4.69) is 36.5 Å². The molecule has 0 spiro atoms. The van der Waals surface area contributed by atoms with Crippen molar-refractivity contribution in [3.63, 3.8) is 0 Å². The van der Waals surface area contributed by atoms with Crippen LogP contribution in [0, 0.1) is 0 Å². The Morgan fingerprint density at radius 2 is 2.00 bits per heavy atom. The lowest BCUT2D eigenvalue weighted by atomic mass is 9.91. The summed E-state index contributed by atoms with van der Waals surface area (Å²) in [6.45, 7) is 3.42. The molecule has 3 rings (SSSR count). The van der Waals surface area contributed by atoms with E-state index in [0.717, 1.165) is 12.3 Å². The van der Waals surface area contributed by atoms with Crippen molar-refractivity contribution in [2.45, 2.75) is 44.2 Å². The normalized spacial score (nSPS) is 29.3. The van der Waals surface area contributed by atoms with Crippen LogP contribution in [-0.4, -0.2) is 12.6 Å². The van der Waals surface area contributed by atoms with Gasteiger partial charge in [-0.3, -0.25) is 0 Å². The Bertz CT molecular complexity index is 361. The van der Waals surface area contributed by atoms with Gasteiger partial charge in [-0.05, 0) is 56.8 Å². The van der Waals surface area contributed by atoms with Crippen molar-refractivity contribution in [2.24, 2.45) is 0 Å². The highest BCUT2D eigenvalue weighted by Crippen LogP contribution is 2.32. The highest BCUT2D eigenvalue weighted by molar-refractivity contribution is 5.32. The molecule has 1 aromatic carbocycles. The van der Waals surface area contributed by atoms with Crippen LogP contribution in [0.15, 0.2) is 24.3 Å². The molecule has 1 atom stereocenters. The van der Waals surface area contributed by atoms with Crippen molar-refractivity contribution in [3.8, 4) is 5.75 Å². The zero-order valence-corrected chi connectivity index (χ0v) is 9.83. The molecule has 16 heavy (non-hydrogen) atoms. The minimum Gasteiger partial charge on any atom is -0.490 e. The van der Waals surface area contributed by atoms with Crippen molar-refractivity contribution in [1.82, 2.24) is 5.32 Å². The molecule has 1 N–H and O–H groups in total. The topological polar surface area (TPSA) is 21.3 Å². The second kappa shape index (κ2) is 3.77. The summed E-state index contributed by atoms with van der Waals surface area (Å²) < 4.78 is 5.76. The van der Waals surface area contributed by atoms with Crippen LogP contribution in [0.5, 0.6) is 5.75 Å². The molecule has 0 bridgehead atoms. The summed E-state index contributed by atoms with van der Waals surface area (Å²) in [5, 5.41) is 3.58. The van der Waals surface area contributed by atoms with Crippen LogP contribution >= 0.6 is 0 Å². The molecule has 1 saturated heterocycles. The van der Waals surface area contributed by atoms with Gasteiger partial charge in [-0.25, -0.2) is 0 Å². The van der Waals surface area contributed by atoms with Gasteiger partial charge in [0, 0.05) is 5.54 Å². The summed E-state index contributed by atoms with van der Waals surface area (Å²) >= 11 is 0. The molecule has 0 radical (unpaired) electrons. The first kappa shape index (κ1) is 10.2. The van der Waals surface area contributed by atoms with Crippen molar-refractivity contribution >= 4 is 0 Å². The third kappa shape index (κ3) is 1.94. The number of hydrogen-bond acceptors (Lipinski definition) is 2. The third-order valence-electron chi connectivity index (χ3n) is 3.69. The van der Waals surface area contributed by atoms with Crippen LogP contribution in [0.3, 0.4) is 0 Å². The van der Waals surface area contributed by atoms with Crippen molar-refractivity contribution < 1.29 is 4.74 Å². The van der Waals surface area contributed by atoms with Gasteiger partial charge in [-0.2, -0.15) is 0 Å². The molecule has 1 aliphatic carbocycles. The molecule has 2 aliphatic rings. The maximum absolute atomic E-state index is 5.76.